The second kappa shape index (κ2) is 4.61. The molecule has 2 N–H and O–H groups in total. The van der Waals surface area contributed by atoms with Gasteiger partial charge in [-0.2, -0.15) is 0 Å². The first-order valence-electron chi connectivity index (χ1n) is 7.48. The Bertz CT molecular complexity index is 779. The average Bonchev–Trinajstić information content (AvgIpc) is 2.96. The van der Waals surface area contributed by atoms with Crippen molar-refractivity contribution < 1.29 is 14.6 Å². The number of hydrogen-bond acceptors (Lipinski definition) is 6. The maximum atomic E-state index is 12.0. The van der Waals surface area contributed by atoms with Gasteiger partial charge in [0.1, 0.15) is 17.5 Å². The predicted octanol–water partition coefficient (Wildman–Crippen LogP) is 0.255. The summed E-state index contributed by atoms with van der Waals surface area (Å²) in [6.07, 6.45) is 1.40. The number of imidazole rings is 1. The molecule has 0 aliphatic carbocycles. The zero-order chi connectivity index (χ0) is 15.5. The van der Waals surface area contributed by atoms with Crippen molar-refractivity contribution in [1.82, 2.24) is 19.5 Å². The quantitative estimate of drug-likeness (QED) is 0.825. The number of aryl methyl sites for hydroxylation is 1. The number of nitrogens with one attached hydrogen (secondary N) is 1. The zero-order valence-electron chi connectivity index (χ0n) is 12.4. The minimum Gasteiger partial charge on any atom is -0.387 e. The van der Waals surface area contributed by atoms with E-state index in [1.807, 2.05) is 6.92 Å². The lowest BCUT2D eigenvalue weighted by atomic mass is 9.86. The van der Waals surface area contributed by atoms with Crippen LogP contribution < -0.4 is 5.56 Å². The van der Waals surface area contributed by atoms with Crippen LogP contribution in [0.25, 0.3) is 11.2 Å². The molecule has 0 bridgehead atoms. The van der Waals surface area contributed by atoms with Crippen molar-refractivity contribution in [2.24, 2.45) is 0 Å². The van der Waals surface area contributed by atoms with Gasteiger partial charge in [-0.05, 0) is 13.3 Å². The van der Waals surface area contributed by atoms with Crippen LogP contribution in [0.4, 0.5) is 0 Å². The standard InChI is InChI=1S/C14H18N4O4/c1-3-8-10(19)14(4-5-21-14)13(22-8)18-6-15-9-11(18)16-7(2)17-12(9)20/h6,8,10,13,19H,3-5H2,1-2H3,(H,16,17,20)/t8-,10-,13-,14-/m1/s1. The Morgan fingerprint density at radius 3 is 3.00 bits per heavy atom. The zero-order valence-corrected chi connectivity index (χ0v) is 12.4. The number of aliphatic hydroxyl groups excluding tert-OH is 1. The Morgan fingerprint density at radius 1 is 1.59 bits per heavy atom. The number of aromatic amines is 1. The summed E-state index contributed by atoms with van der Waals surface area (Å²) in [7, 11) is 0. The third-order valence-corrected chi connectivity index (χ3v) is 4.64. The number of rotatable bonds is 2. The van der Waals surface area contributed by atoms with E-state index in [0.717, 1.165) is 0 Å². The van der Waals surface area contributed by atoms with E-state index >= 15 is 0 Å². The van der Waals surface area contributed by atoms with Crippen LogP contribution in [0.3, 0.4) is 0 Å². The van der Waals surface area contributed by atoms with Crippen LogP contribution >= 0.6 is 0 Å². The van der Waals surface area contributed by atoms with Gasteiger partial charge >= 0.3 is 0 Å². The van der Waals surface area contributed by atoms with Crippen LogP contribution in [0.5, 0.6) is 0 Å². The largest absolute Gasteiger partial charge is 0.387 e. The molecule has 2 aromatic heterocycles. The van der Waals surface area contributed by atoms with E-state index in [1.54, 1.807) is 11.5 Å². The first-order valence-corrected chi connectivity index (χ1v) is 7.48. The van der Waals surface area contributed by atoms with Crippen LogP contribution in [-0.2, 0) is 9.47 Å². The summed E-state index contributed by atoms with van der Waals surface area (Å²) in [5.74, 6) is 0.508. The Labute approximate surface area is 126 Å². The maximum Gasteiger partial charge on any atom is 0.279 e. The third kappa shape index (κ3) is 1.65. The summed E-state index contributed by atoms with van der Waals surface area (Å²) in [6.45, 7) is 4.27. The Balaban J connectivity index is 1.86. The highest BCUT2D eigenvalue weighted by Gasteiger charge is 2.61. The summed E-state index contributed by atoms with van der Waals surface area (Å²) >= 11 is 0. The summed E-state index contributed by atoms with van der Waals surface area (Å²) < 4.78 is 13.4. The molecule has 4 atom stereocenters. The fourth-order valence-electron chi connectivity index (χ4n) is 3.41. The molecule has 2 saturated heterocycles. The van der Waals surface area contributed by atoms with Crippen molar-refractivity contribution in [1.29, 1.82) is 0 Å². The van der Waals surface area contributed by atoms with Crippen LogP contribution in [0, 0.1) is 6.92 Å². The third-order valence-electron chi connectivity index (χ3n) is 4.64. The second-order valence-electron chi connectivity index (χ2n) is 5.91. The molecular weight excluding hydrogens is 288 g/mol. The van der Waals surface area contributed by atoms with Crippen molar-refractivity contribution in [2.45, 2.75) is 50.7 Å². The first kappa shape index (κ1) is 13.9. The van der Waals surface area contributed by atoms with Crippen LogP contribution in [0.15, 0.2) is 11.1 Å². The van der Waals surface area contributed by atoms with Gasteiger partial charge in [-0.25, -0.2) is 9.97 Å². The number of nitrogens with zero attached hydrogens (tertiary/aromatic N) is 3. The summed E-state index contributed by atoms with van der Waals surface area (Å²) in [6, 6.07) is 0. The Morgan fingerprint density at radius 2 is 2.36 bits per heavy atom. The fraction of sp³-hybridized carbons (Fsp3) is 0.643. The number of aromatic nitrogens is 4. The molecule has 0 unspecified atom stereocenters. The highest BCUT2D eigenvalue weighted by atomic mass is 16.6. The fourth-order valence-corrected chi connectivity index (χ4v) is 3.41. The molecule has 1 spiro atoms. The highest BCUT2D eigenvalue weighted by Crippen LogP contribution is 2.49. The first-order chi connectivity index (χ1) is 10.6. The molecule has 0 aromatic carbocycles. The monoisotopic (exact) mass is 306 g/mol. The molecule has 4 heterocycles. The minimum absolute atomic E-state index is 0.262. The molecule has 0 saturated carbocycles. The molecule has 2 aromatic rings. The van der Waals surface area contributed by atoms with Crippen LogP contribution in [0.1, 0.15) is 31.8 Å². The van der Waals surface area contributed by atoms with Gasteiger partial charge in [0.05, 0.1) is 19.0 Å². The highest BCUT2D eigenvalue weighted by molar-refractivity contribution is 5.69. The van der Waals surface area contributed by atoms with Crippen molar-refractivity contribution >= 4 is 11.2 Å². The number of ether oxygens (including phenoxy) is 2. The van der Waals surface area contributed by atoms with E-state index in [9.17, 15) is 9.90 Å². The molecule has 0 amide bonds. The lowest BCUT2D eigenvalue weighted by Gasteiger charge is -2.44. The molecule has 8 nitrogen and oxygen atoms in total. The number of H-pyrrole nitrogens is 1. The normalized spacial score (nSPS) is 34.4. The van der Waals surface area contributed by atoms with Gasteiger partial charge in [0, 0.05) is 6.42 Å². The Hall–Kier alpha value is -1.77. The smallest absolute Gasteiger partial charge is 0.279 e. The molecule has 0 radical (unpaired) electrons. The maximum absolute atomic E-state index is 12.0. The lowest BCUT2D eigenvalue weighted by molar-refractivity contribution is -0.225. The number of aliphatic hydroxyl groups is 1. The Kier molecular flexibility index (Phi) is 2.91. The van der Waals surface area contributed by atoms with E-state index in [2.05, 4.69) is 15.0 Å². The van der Waals surface area contributed by atoms with Gasteiger partial charge in [0.25, 0.3) is 5.56 Å². The van der Waals surface area contributed by atoms with Gasteiger partial charge in [0.2, 0.25) is 0 Å². The van der Waals surface area contributed by atoms with Gasteiger partial charge in [0.15, 0.2) is 17.4 Å². The van der Waals surface area contributed by atoms with E-state index in [-0.39, 0.29) is 17.2 Å². The van der Waals surface area contributed by atoms with Crippen molar-refractivity contribution in [3.05, 3.63) is 22.5 Å². The van der Waals surface area contributed by atoms with Crippen molar-refractivity contribution in [3.63, 3.8) is 0 Å². The number of fused-ring (bicyclic) bond motifs is 1. The molecule has 4 rings (SSSR count). The molecule has 2 fully saturated rings. The van der Waals surface area contributed by atoms with Crippen LogP contribution in [-0.4, -0.2) is 49.0 Å². The van der Waals surface area contributed by atoms with Gasteiger partial charge < -0.3 is 19.6 Å². The van der Waals surface area contributed by atoms with E-state index < -0.39 is 17.9 Å². The molecule has 8 heteroatoms. The van der Waals surface area contributed by atoms with E-state index in [1.165, 1.54) is 6.33 Å². The molecule has 22 heavy (non-hydrogen) atoms. The number of hydrogen-bond donors (Lipinski definition) is 2. The molecule has 2 aliphatic heterocycles. The second-order valence-corrected chi connectivity index (χ2v) is 5.91. The topological polar surface area (TPSA) is 102 Å². The van der Waals surface area contributed by atoms with Gasteiger partial charge in [-0.3, -0.25) is 9.36 Å². The summed E-state index contributed by atoms with van der Waals surface area (Å²) in [4.78, 5) is 23.1. The average molecular weight is 306 g/mol. The summed E-state index contributed by atoms with van der Waals surface area (Å²) in [5.41, 5.74) is -0.342. The van der Waals surface area contributed by atoms with E-state index in [0.29, 0.717) is 30.9 Å². The van der Waals surface area contributed by atoms with Crippen molar-refractivity contribution in [2.75, 3.05) is 6.61 Å². The van der Waals surface area contributed by atoms with Crippen LogP contribution in [0.2, 0.25) is 0 Å². The molecular formula is C14H18N4O4. The van der Waals surface area contributed by atoms with E-state index in [4.69, 9.17) is 9.47 Å². The van der Waals surface area contributed by atoms with Gasteiger partial charge in [-0.1, -0.05) is 6.92 Å². The van der Waals surface area contributed by atoms with Gasteiger partial charge in [-0.15, -0.1) is 0 Å². The SMILES string of the molecule is CC[C@H]1O[C@@H](n2cnc3c(=O)[nH]c(C)nc32)[C@@]2(CCO2)[C@@H]1O. The summed E-state index contributed by atoms with van der Waals surface area (Å²) in [5, 5.41) is 10.5. The lowest BCUT2D eigenvalue weighted by Crippen LogP contribution is -2.56. The molecule has 2 aliphatic rings. The minimum atomic E-state index is -0.771. The molecule has 118 valence electrons. The van der Waals surface area contributed by atoms with Crippen molar-refractivity contribution in [3.8, 4) is 0 Å². The predicted molar refractivity (Wildman–Crippen MR) is 76.4 cm³/mol.